The van der Waals surface area contributed by atoms with Crippen LogP contribution in [0.25, 0.3) is 0 Å². The predicted octanol–water partition coefficient (Wildman–Crippen LogP) is 1.49. The molecule has 3 rings (SSSR count). The summed E-state index contributed by atoms with van der Waals surface area (Å²) in [6.07, 6.45) is 3.52. The zero-order valence-corrected chi connectivity index (χ0v) is 14.0. The number of hydrogen-bond acceptors (Lipinski definition) is 4. The van der Waals surface area contributed by atoms with E-state index in [1.807, 2.05) is 25.1 Å². The van der Waals surface area contributed by atoms with E-state index in [9.17, 15) is 9.59 Å². The van der Waals surface area contributed by atoms with Gasteiger partial charge < -0.3 is 14.8 Å². The van der Waals surface area contributed by atoms with Gasteiger partial charge in [-0.15, -0.1) is 0 Å². The smallest absolute Gasteiger partial charge is 0.253 e. The van der Waals surface area contributed by atoms with Crippen LogP contribution in [-0.2, 0) is 7.05 Å². The molecule has 0 spiro atoms. The summed E-state index contributed by atoms with van der Waals surface area (Å²) in [6, 6.07) is 9.05. The molecule has 6 heteroatoms. The molecule has 0 aromatic carbocycles. The van der Waals surface area contributed by atoms with Crippen molar-refractivity contribution < 1.29 is 4.79 Å². The SMILES string of the molecule is Cc1cccc(N2CCC[C@H](NC(=O)c3ccc(=O)n(C)c3)C2)n1. The van der Waals surface area contributed by atoms with E-state index >= 15 is 0 Å². The zero-order valence-electron chi connectivity index (χ0n) is 14.0. The molecule has 126 valence electrons. The Kier molecular flexibility index (Phi) is 4.64. The third-order valence-corrected chi connectivity index (χ3v) is 4.30. The predicted molar refractivity (Wildman–Crippen MR) is 93.4 cm³/mol. The molecule has 1 N–H and O–H groups in total. The van der Waals surface area contributed by atoms with Gasteiger partial charge in [-0.25, -0.2) is 4.98 Å². The highest BCUT2D eigenvalue weighted by molar-refractivity contribution is 5.94. The first-order chi connectivity index (χ1) is 11.5. The number of amides is 1. The lowest BCUT2D eigenvalue weighted by molar-refractivity contribution is 0.0932. The van der Waals surface area contributed by atoms with Gasteiger partial charge >= 0.3 is 0 Å². The number of aryl methyl sites for hydroxylation is 2. The summed E-state index contributed by atoms with van der Waals surface area (Å²) in [5.74, 6) is 0.811. The maximum absolute atomic E-state index is 12.4. The van der Waals surface area contributed by atoms with Gasteiger partial charge in [-0.3, -0.25) is 9.59 Å². The average Bonchev–Trinajstić information content (AvgIpc) is 2.57. The van der Waals surface area contributed by atoms with Gasteiger partial charge in [0.05, 0.1) is 5.56 Å². The highest BCUT2D eigenvalue weighted by Crippen LogP contribution is 2.18. The van der Waals surface area contributed by atoms with Crippen LogP contribution in [0, 0.1) is 6.92 Å². The molecular weight excluding hydrogens is 304 g/mol. The van der Waals surface area contributed by atoms with Crippen molar-refractivity contribution in [3.05, 3.63) is 58.1 Å². The molecule has 1 fully saturated rings. The van der Waals surface area contributed by atoms with Gasteiger partial charge in [0.2, 0.25) is 5.56 Å². The van der Waals surface area contributed by atoms with E-state index < -0.39 is 0 Å². The number of nitrogens with one attached hydrogen (secondary N) is 1. The van der Waals surface area contributed by atoms with Gasteiger partial charge in [0.1, 0.15) is 5.82 Å². The Morgan fingerprint density at radius 3 is 2.88 bits per heavy atom. The third-order valence-electron chi connectivity index (χ3n) is 4.30. The van der Waals surface area contributed by atoms with Crippen LogP contribution in [0.3, 0.4) is 0 Å². The van der Waals surface area contributed by atoms with Crippen molar-refractivity contribution in [3.8, 4) is 0 Å². The molecule has 1 aliphatic heterocycles. The van der Waals surface area contributed by atoms with E-state index in [1.54, 1.807) is 19.3 Å². The molecule has 0 saturated carbocycles. The molecule has 0 aliphatic carbocycles. The molecule has 2 aromatic heterocycles. The number of pyridine rings is 2. The Balaban J connectivity index is 1.67. The zero-order chi connectivity index (χ0) is 17.1. The number of carbonyl (C=O) groups is 1. The lowest BCUT2D eigenvalue weighted by Crippen LogP contribution is -2.48. The van der Waals surface area contributed by atoms with E-state index in [2.05, 4.69) is 15.2 Å². The van der Waals surface area contributed by atoms with Crippen molar-refractivity contribution in [1.29, 1.82) is 0 Å². The van der Waals surface area contributed by atoms with E-state index in [1.165, 1.54) is 10.6 Å². The molecule has 0 unspecified atom stereocenters. The first-order valence-electron chi connectivity index (χ1n) is 8.19. The van der Waals surface area contributed by atoms with E-state index in [0.29, 0.717) is 5.56 Å². The molecule has 1 amide bonds. The number of aromatic nitrogens is 2. The van der Waals surface area contributed by atoms with Crippen molar-refractivity contribution in [1.82, 2.24) is 14.9 Å². The first kappa shape index (κ1) is 16.2. The van der Waals surface area contributed by atoms with Crippen molar-refractivity contribution in [3.63, 3.8) is 0 Å². The van der Waals surface area contributed by atoms with Gasteiger partial charge in [0.25, 0.3) is 5.91 Å². The van der Waals surface area contributed by atoms with Gasteiger partial charge in [0.15, 0.2) is 0 Å². The summed E-state index contributed by atoms with van der Waals surface area (Å²) in [5.41, 5.74) is 1.37. The van der Waals surface area contributed by atoms with Crippen LogP contribution in [0.5, 0.6) is 0 Å². The summed E-state index contributed by atoms with van der Waals surface area (Å²) in [5, 5.41) is 3.07. The molecule has 0 bridgehead atoms. The standard InChI is InChI=1S/C18H22N4O2/c1-13-5-3-7-16(19-13)22-10-4-6-15(12-22)20-18(24)14-8-9-17(23)21(2)11-14/h3,5,7-9,11,15H,4,6,10,12H2,1-2H3,(H,20,24)/t15-/m0/s1. The van der Waals surface area contributed by atoms with Gasteiger partial charge in [-0.2, -0.15) is 0 Å². The normalized spacial score (nSPS) is 17.6. The fourth-order valence-corrected chi connectivity index (χ4v) is 3.00. The minimum absolute atomic E-state index is 0.0748. The largest absolute Gasteiger partial charge is 0.355 e. The summed E-state index contributed by atoms with van der Waals surface area (Å²) in [6.45, 7) is 3.67. The second kappa shape index (κ2) is 6.86. The molecular formula is C18H22N4O2. The Morgan fingerprint density at radius 1 is 1.29 bits per heavy atom. The maximum atomic E-state index is 12.4. The third kappa shape index (κ3) is 3.64. The number of anilines is 1. The van der Waals surface area contributed by atoms with Crippen LogP contribution in [0.15, 0.2) is 41.3 Å². The fraction of sp³-hybridized carbons (Fsp3) is 0.389. The van der Waals surface area contributed by atoms with Gasteiger partial charge in [0, 0.05) is 44.1 Å². The Labute approximate surface area is 141 Å². The van der Waals surface area contributed by atoms with E-state index in [0.717, 1.165) is 37.4 Å². The minimum Gasteiger partial charge on any atom is -0.355 e. The number of carbonyl (C=O) groups excluding carboxylic acids is 1. The van der Waals surface area contributed by atoms with Crippen LogP contribution in [0.4, 0.5) is 5.82 Å². The second-order valence-electron chi connectivity index (χ2n) is 6.26. The van der Waals surface area contributed by atoms with Gasteiger partial charge in [-0.1, -0.05) is 6.07 Å². The second-order valence-corrected chi connectivity index (χ2v) is 6.26. The Hall–Kier alpha value is -2.63. The van der Waals surface area contributed by atoms with Crippen LogP contribution in [-0.4, -0.2) is 34.6 Å². The molecule has 24 heavy (non-hydrogen) atoms. The number of nitrogens with zero attached hydrogens (tertiary/aromatic N) is 3. The summed E-state index contributed by atoms with van der Waals surface area (Å²) >= 11 is 0. The molecule has 6 nitrogen and oxygen atoms in total. The number of piperidine rings is 1. The molecule has 3 heterocycles. The average molecular weight is 326 g/mol. The van der Waals surface area contributed by atoms with Crippen LogP contribution < -0.4 is 15.8 Å². The summed E-state index contributed by atoms with van der Waals surface area (Å²) in [4.78, 5) is 30.6. The lowest BCUT2D eigenvalue weighted by Gasteiger charge is -2.34. The quantitative estimate of drug-likeness (QED) is 0.928. The molecule has 1 atom stereocenters. The van der Waals surface area contributed by atoms with Crippen molar-refractivity contribution in [2.75, 3.05) is 18.0 Å². The maximum Gasteiger partial charge on any atom is 0.253 e. The Bertz CT molecular complexity index is 800. The van der Waals surface area contributed by atoms with Crippen molar-refractivity contribution >= 4 is 11.7 Å². The van der Waals surface area contributed by atoms with Gasteiger partial charge in [-0.05, 0) is 38.0 Å². The molecule has 2 aromatic rings. The lowest BCUT2D eigenvalue weighted by atomic mass is 10.1. The number of rotatable bonds is 3. The van der Waals surface area contributed by atoms with Crippen LogP contribution >= 0.6 is 0 Å². The number of hydrogen-bond donors (Lipinski definition) is 1. The highest BCUT2D eigenvalue weighted by atomic mass is 16.2. The van der Waals surface area contributed by atoms with Crippen molar-refractivity contribution in [2.45, 2.75) is 25.8 Å². The van der Waals surface area contributed by atoms with E-state index in [4.69, 9.17) is 0 Å². The minimum atomic E-state index is -0.144. The van der Waals surface area contributed by atoms with Crippen LogP contribution in [0.1, 0.15) is 28.9 Å². The molecule has 1 aliphatic rings. The van der Waals surface area contributed by atoms with E-state index in [-0.39, 0.29) is 17.5 Å². The fourth-order valence-electron chi connectivity index (χ4n) is 3.00. The monoisotopic (exact) mass is 326 g/mol. The molecule has 1 saturated heterocycles. The highest BCUT2D eigenvalue weighted by Gasteiger charge is 2.23. The first-order valence-corrected chi connectivity index (χ1v) is 8.19. The Morgan fingerprint density at radius 2 is 2.12 bits per heavy atom. The topological polar surface area (TPSA) is 67.2 Å². The van der Waals surface area contributed by atoms with Crippen LogP contribution in [0.2, 0.25) is 0 Å². The van der Waals surface area contributed by atoms with Crippen molar-refractivity contribution in [2.24, 2.45) is 7.05 Å². The molecule has 0 radical (unpaired) electrons. The summed E-state index contributed by atoms with van der Waals surface area (Å²) < 4.78 is 1.42. The summed E-state index contributed by atoms with van der Waals surface area (Å²) in [7, 11) is 1.64.